The van der Waals surface area contributed by atoms with Crippen LogP contribution in [0.3, 0.4) is 0 Å². The van der Waals surface area contributed by atoms with Crippen molar-refractivity contribution in [2.45, 2.75) is 13.0 Å². The second-order valence-electron chi connectivity index (χ2n) is 3.82. The van der Waals surface area contributed by atoms with E-state index in [-0.39, 0.29) is 5.91 Å². The predicted molar refractivity (Wildman–Crippen MR) is 63.9 cm³/mol. The van der Waals surface area contributed by atoms with Crippen LogP contribution in [0.25, 0.3) is 0 Å². The molecular formula is C12H14N4O. The Bertz CT molecular complexity index is 506. The number of hydrazine groups is 1. The molecule has 5 nitrogen and oxygen atoms in total. The number of benzene rings is 1. The van der Waals surface area contributed by atoms with Crippen molar-refractivity contribution in [3.8, 4) is 0 Å². The molecule has 0 saturated heterocycles. The quantitative estimate of drug-likeness (QED) is 0.464. The topological polar surface area (TPSA) is 72.9 Å². The van der Waals surface area contributed by atoms with Crippen molar-refractivity contribution < 1.29 is 4.79 Å². The van der Waals surface area contributed by atoms with Gasteiger partial charge in [0.2, 0.25) is 0 Å². The SMILES string of the molecule is Cc1cnn(C(C(=O)NN)c2ccccc2)c1. The van der Waals surface area contributed by atoms with Crippen LogP contribution >= 0.6 is 0 Å². The largest absolute Gasteiger partial charge is 0.292 e. The number of aryl methyl sites for hydroxylation is 1. The lowest BCUT2D eigenvalue weighted by molar-refractivity contribution is -0.123. The van der Waals surface area contributed by atoms with Crippen molar-refractivity contribution in [3.63, 3.8) is 0 Å². The van der Waals surface area contributed by atoms with Crippen LogP contribution in [-0.4, -0.2) is 15.7 Å². The molecule has 2 aromatic rings. The minimum Gasteiger partial charge on any atom is -0.292 e. The molecule has 1 aromatic heterocycles. The highest BCUT2D eigenvalue weighted by atomic mass is 16.2. The third kappa shape index (κ3) is 2.34. The van der Waals surface area contributed by atoms with E-state index >= 15 is 0 Å². The van der Waals surface area contributed by atoms with Crippen molar-refractivity contribution in [3.05, 3.63) is 53.9 Å². The van der Waals surface area contributed by atoms with Gasteiger partial charge in [0.1, 0.15) is 0 Å². The van der Waals surface area contributed by atoms with Crippen molar-refractivity contribution in [2.75, 3.05) is 0 Å². The zero-order chi connectivity index (χ0) is 12.3. The van der Waals surface area contributed by atoms with Crippen LogP contribution in [0.5, 0.6) is 0 Å². The van der Waals surface area contributed by atoms with Gasteiger partial charge in [0, 0.05) is 6.20 Å². The van der Waals surface area contributed by atoms with Crippen LogP contribution in [0.15, 0.2) is 42.7 Å². The molecule has 1 heterocycles. The monoisotopic (exact) mass is 230 g/mol. The summed E-state index contributed by atoms with van der Waals surface area (Å²) in [7, 11) is 0. The highest BCUT2D eigenvalue weighted by molar-refractivity contribution is 5.82. The zero-order valence-corrected chi connectivity index (χ0v) is 9.50. The summed E-state index contributed by atoms with van der Waals surface area (Å²) in [5.41, 5.74) is 4.01. The van der Waals surface area contributed by atoms with Crippen LogP contribution in [0, 0.1) is 6.92 Å². The van der Waals surface area contributed by atoms with Gasteiger partial charge >= 0.3 is 0 Å². The van der Waals surface area contributed by atoms with Gasteiger partial charge in [-0.15, -0.1) is 0 Å². The average Bonchev–Trinajstić information content (AvgIpc) is 2.77. The van der Waals surface area contributed by atoms with E-state index < -0.39 is 6.04 Å². The lowest BCUT2D eigenvalue weighted by Gasteiger charge is -2.16. The molecule has 2 rings (SSSR count). The molecule has 3 N–H and O–H groups in total. The number of nitrogens with one attached hydrogen (secondary N) is 1. The smallest absolute Gasteiger partial charge is 0.263 e. The number of amides is 1. The fraction of sp³-hybridized carbons (Fsp3) is 0.167. The molecule has 0 aliphatic rings. The Morgan fingerprint density at radius 2 is 2.12 bits per heavy atom. The molecular weight excluding hydrogens is 216 g/mol. The summed E-state index contributed by atoms with van der Waals surface area (Å²) in [6.07, 6.45) is 3.52. The maximum absolute atomic E-state index is 11.8. The predicted octanol–water partition coefficient (Wildman–Crippen LogP) is 0.771. The third-order valence-corrected chi connectivity index (χ3v) is 2.50. The number of nitrogens with zero attached hydrogens (tertiary/aromatic N) is 2. The number of carbonyl (C=O) groups is 1. The van der Waals surface area contributed by atoms with Crippen molar-refractivity contribution >= 4 is 5.91 Å². The van der Waals surface area contributed by atoms with Gasteiger partial charge in [0.25, 0.3) is 5.91 Å². The first-order chi connectivity index (χ1) is 8.22. The van der Waals surface area contributed by atoms with Gasteiger partial charge in [-0.05, 0) is 18.1 Å². The lowest BCUT2D eigenvalue weighted by Crippen LogP contribution is -2.37. The van der Waals surface area contributed by atoms with E-state index in [2.05, 4.69) is 10.5 Å². The molecule has 0 saturated carbocycles. The van der Waals surface area contributed by atoms with E-state index in [1.165, 1.54) is 0 Å². The molecule has 1 aromatic carbocycles. The first-order valence-corrected chi connectivity index (χ1v) is 5.28. The number of hydrogen-bond donors (Lipinski definition) is 2. The molecule has 1 atom stereocenters. The Kier molecular flexibility index (Phi) is 3.20. The Labute approximate surface area is 99.2 Å². The summed E-state index contributed by atoms with van der Waals surface area (Å²) in [6.45, 7) is 1.92. The van der Waals surface area contributed by atoms with Crippen LogP contribution in [0.4, 0.5) is 0 Å². The molecule has 0 spiro atoms. The summed E-state index contributed by atoms with van der Waals surface area (Å²) in [5.74, 6) is 4.92. The van der Waals surface area contributed by atoms with Crippen LogP contribution < -0.4 is 11.3 Å². The first-order valence-electron chi connectivity index (χ1n) is 5.28. The van der Waals surface area contributed by atoms with Gasteiger partial charge in [0.15, 0.2) is 6.04 Å². The van der Waals surface area contributed by atoms with Gasteiger partial charge in [-0.2, -0.15) is 5.10 Å². The molecule has 1 amide bonds. The molecule has 0 fully saturated rings. The maximum atomic E-state index is 11.8. The van der Waals surface area contributed by atoms with Gasteiger partial charge in [0.05, 0.1) is 6.20 Å². The fourth-order valence-corrected chi connectivity index (χ4v) is 1.71. The number of carbonyl (C=O) groups excluding carboxylic acids is 1. The summed E-state index contributed by atoms with van der Waals surface area (Å²) in [4.78, 5) is 11.8. The molecule has 5 heteroatoms. The fourth-order valence-electron chi connectivity index (χ4n) is 1.71. The summed E-state index contributed by atoms with van der Waals surface area (Å²) in [5, 5.41) is 4.16. The van der Waals surface area contributed by atoms with Gasteiger partial charge < -0.3 is 0 Å². The number of hydrogen-bond acceptors (Lipinski definition) is 3. The minimum atomic E-state index is -0.533. The summed E-state index contributed by atoms with van der Waals surface area (Å²) in [6, 6.07) is 8.86. The molecule has 17 heavy (non-hydrogen) atoms. The maximum Gasteiger partial charge on any atom is 0.263 e. The van der Waals surface area contributed by atoms with Gasteiger partial charge in [-0.3, -0.25) is 14.9 Å². The third-order valence-electron chi connectivity index (χ3n) is 2.50. The molecule has 0 aliphatic carbocycles. The zero-order valence-electron chi connectivity index (χ0n) is 9.50. The van der Waals surface area contributed by atoms with E-state index in [1.807, 2.05) is 43.5 Å². The van der Waals surface area contributed by atoms with Crippen molar-refractivity contribution in [1.82, 2.24) is 15.2 Å². The molecule has 0 radical (unpaired) electrons. The van der Waals surface area contributed by atoms with Crippen LogP contribution in [0.1, 0.15) is 17.2 Å². The summed E-state index contributed by atoms with van der Waals surface area (Å²) < 4.78 is 1.60. The average molecular weight is 230 g/mol. The normalized spacial score (nSPS) is 12.1. The first kappa shape index (κ1) is 11.3. The molecule has 88 valence electrons. The minimum absolute atomic E-state index is 0.292. The highest BCUT2D eigenvalue weighted by Crippen LogP contribution is 2.17. The summed E-state index contributed by atoms with van der Waals surface area (Å²) >= 11 is 0. The lowest BCUT2D eigenvalue weighted by atomic mass is 10.1. The molecule has 1 unspecified atom stereocenters. The Morgan fingerprint density at radius 1 is 1.41 bits per heavy atom. The van der Waals surface area contributed by atoms with Crippen LogP contribution in [0.2, 0.25) is 0 Å². The Morgan fingerprint density at radius 3 is 2.65 bits per heavy atom. The second-order valence-corrected chi connectivity index (χ2v) is 3.82. The highest BCUT2D eigenvalue weighted by Gasteiger charge is 2.22. The van der Waals surface area contributed by atoms with Crippen molar-refractivity contribution in [1.29, 1.82) is 0 Å². The van der Waals surface area contributed by atoms with E-state index in [4.69, 9.17) is 5.84 Å². The number of rotatable bonds is 3. The second kappa shape index (κ2) is 4.80. The number of nitrogens with two attached hydrogens (primary N) is 1. The Hall–Kier alpha value is -2.14. The molecule has 0 aliphatic heterocycles. The van der Waals surface area contributed by atoms with E-state index in [9.17, 15) is 4.79 Å². The van der Waals surface area contributed by atoms with Crippen LogP contribution in [-0.2, 0) is 4.79 Å². The van der Waals surface area contributed by atoms with E-state index in [1.54, 1.807) is 10.9 Å². The number of aromatic nitrogens is 2. The Balaban J connectivity index is 2.42. The van der Waals surface area contributed by atoms with E-state index in [0.29, 0.717) is 0 Å². The standard InChI is InChI=1S/C12H14N4O/c1-9-7-14-16(8-9)11(12(17)15-13)10-5-3-2-4-6-10/h2-8,11H,13H2,1H3,(H,15,17). The van der Waals surface area contributed by atoms with Gasteiger partial charge in [-0.25, -0.2) is 5.84 Å². The van der Waals surface area contributed by atoms with E-state index in [0.717, 1.165) is 11.1 Å². The van der Waals surface area contributed by atoms with Gasteiger partial charge in [-0.1, -0.05) is 30.3 Å². The molecule has 0 bridgehead atoms. The van der Waals surface area contributed by atoms with Crippen molar-refractivity contribution in [2.24, 2.45) is 5.84 Å².